The van der Waals surface area contributed by atoms with Gasteiger partial charge >= 0.3 is 5.97 Å². The van der Waals surface area contributed by atoms with E-state index in [1.54, 1.807) is 27.7 Å². The summed E-state index contributed by atoms with van der Waals surface area (Å²) >= 11 is 0. The average molecular weight is 464 g/mol. The summed E-state index contributed by atoms with van der Waals surface area (Å²) < 4.78 is 29.3. The number of hydrogen-bond donors (Lipinski definition) is 3. The normalized spacial score (nSPS) is 51.8. The molecule has 9 atom stereocenters. The van der Waals surface area contributed by atoms with Crippen molar-refractivity contribution in [2.45, 2.75) is 82.3 Å². The molecular weight excluding hydrogens is 435 g/mol. The van der Waals surface area contributed by atoms with Crippen LogP contribution in [0.25, 0.3) is 0 Å². The number of carbonyl (C=O) groups excluding carboxylic acids is 2. The van der Waals surface area contributed by atoms with Crippen LogP contribution in [-0.4, -0.2) is 68.2 Å². The van der Waals surface area contributed by atoms with Gasteiger partial charge in [0, 0.05) is 16.7 Å². The van der Waals surface area contributed by atoms with Crippen molar-refractivity contribution in [1.29, 1.82) is 0 Å². The number of fused-ring (bicyclic) bond motifs is 7. The lowest BCUT2D eigenvalue weighted by molar-refractivity contribution is -0.250. The largest absolute Gasteiger partial charge is 0.475 e. The first kappa shape index (κ1) is 22.8. The Kier molecular flexibility index (Phi) is 4.42. The third kappa shape index (κ3) is 2.46. The minimum atomic E-state index is -2.25. The number of aliphatic hydroxyl groups is 2. The molecule has 0 aromatic rings. The molecule has 1 heterocycles. The third-order valence-corrected chi connectivity index (χ3v) is 9.19. The van der Waals surface area contributed by atoms with Crippen LogP contribution in [0.3, 0.4) is 0 Å². The molecule has 0 aromatic carbocycles. The molecule has 8 nitrogen and oxygen atoms in total. The number of carbonyl (C=O) groups is 3. The van der Waals surface area contributed by atoms with E-state index in [1.165, 1.54) is 18.2 Å². The second-order valence-electron chi connectivity index (χ2n) is 11.1. The highest BCUT2D eigenvalue weighted by atomic mass is 19.1. The summed E-state index contributed by atoms with van der Waals surface area (Å²) in [6.07, 6.45) is 0.0482. The van der Waals surface area contributed by atoms with Crippen LogP contribution in [0.15, 0.2) is 23.8 Å². The topological polar surface area (TPSA) is 130 Å². The minimum Gasteiger partial charge on any atom is -0.475 e. The van der Waals surface area contributed by atoms with Crippen molar-refractivity contribution in [2.24, 2.45) is 22.7 Å². The molecule has 5 rings (SSSR count). The van der Waals surface area contributed by atoms with Gasteiger partial charge in [-0.1, -0.05) is 13.0 Å². The van der Waals surface area contributed by atoms with Crippen molar-refractivity contribution >= 4 is 17.5 Å². The maximum Gasteiger partial charge on any atom is 0.375 e. The van der Waals surface area contributed by atoms with Crippen LogP contribution < -0.4 is 0 Å². The Hall–Kier alpha value is -1.94. The third-order valence-electron chi connectivity index (χ3n) is 9.19. The Morgan fingerprint density at radius 1 is 1.12 bits per heavy atom. The van der Waals surface area contributed by atoms with Crippen LogP contribution in [0.1, 0.15) is 47.0 Å². The number of allylic oxidation sites excluding steroid dienone is 3. The Bertz CT molecular complexity index is 1030. The van der Waals surface area contributed by atoms with Gasteiger partial charge in [-0.25, -0.2) is 9.18 Å². The van der Waals surface area contributed by atoms with Gasteiger partial charge in [-0.3, -0.25) is 9.59 Å². The first-order chi connectivity index (χ1) is 15.1. The van der Waals surface area contributed by atoms with Crippen molar-refractivity contribution in [3.05, 3.63) is 23.8 Å². The fourth-order valence-corrected chi connectivity index (χ4v) is 7.90. The Morgan fingerprint density at radius 3 is 2.42 bits per heavy atom. The maximum absolute atomic E-state index is 17.2. The van der Waals surface area contributed by atoms with Crippen LogP contribution >= 0.6 is 0 Å². The van der Waals surface area contributed by atoms with Crippen LogP contribution in [0.2, 0.25) is 0 Å². The standard InChI is InChI=1S/C24H29FO8/c1-20(2)32-17-9-12-13-8-15(27)14-7-11(26)5-6-21(14,3)23(13,25)16(28)10-22(12,4)24(17,33-20)18(29)19(30)31/h5-7,12-13,15-17,27-28H,8-10H2,1-4H3,(H,30,31)/t12-,13+,15-,16+,17-,21+,22+,23+,24+/m1/s1. The fraction of sp³-hybridized carbons (Fsp3) is 0.708. The van der Waals surface area contributed by atoms with Gasteiger partial charge in [0.05, 0.1) is 18.3 Å². The number of halogens is 1. The average Bonchev–Trinajstić information content (AvgIpc) is 3.11. The number of ether oxygens (including phenoxy) is 2. The van der Waals surface area contributed by atoms with Crippen LogP contribution in [0.5, 0.6) is 0 Å². The molecular formula is C24H29FO8. The second kappa shape index (κ2) is 6.38. The van der Waals surface area contributed by atoms with E-state index in [2.05, 4.69) is 0 Å². The molecule has 4 aliphatic carbocycles. The van der Waals surface area contributed by atoms with E-state index >= 15 is 4.39 Å². The van der Waals surface area contributed by atoms with E-state index in [4.69, 9.17) is 9.47 Å². The summed E-state index contributed by atoms with van der Waals surface area (Å²) in [6.45, 7) is 6.40. The summed E-state index contributed by atoms with van der Waals surface area (Å²) in [4.78, 5) is 37.0. The van der Waals surface area contributed by atoms with Crippen molar-refractivity contribution in [3.8, 4) is 0 Å². The van der Waals surface area contributed by atoms with Crippen LogP contribution in [0.4, 0.5) is 4.39 Å². The molecule has 0 amide bonds. The maximum atomic E-state index is 17.2. The van der Waals surface area contributed by atoms with Gasteiger partial charge in [-0.15, -0.1) is 0 Å². The summed E-state index contributed by atoms with van der Waals surface area (Å²) in [5.74, 6) is -5.99. The monoisotopic (exact) mass is 464 g/mol. The molecule has 33 heavy (non-hydrogen) atoms. The molecule has 1 saturated heterocycles. The first-order valence-corrected chi connectivity index (χ1v) is 11.3. The zero-order valence-electron chi connectivity index (χ0n) is 19.0. The predicted octanol–water partition coefficient (Wildman–Crippen LogP) is 1.48. The number of ketones is 2. The molecule has 3 N–H and O–H groups in total. The van der Waals surface area contributed by atoms with Crippen molar-refractivity contribution in [1.82, 2.24) is 0 Å². The number of hydrogen-bond acceptors (Lipinski definition) is 7. The van der Waals surface area contributed by atoms with Gasteiger partial charge in [0.15, 0.2) is 22.8 Å². The lowest BCUT2D eigenvalue weighted by Crippen LogP contribution is -2.71. The summed E-state index contributed by atoms with van der Waals surface area (Å²) in [6, 6.07) is 0. The lowest BCUT2D eigenvalue weighted by Gasteiger charge is -2.63. The molecule has 0 unspecified atom stereocenters. The number of aliphatic carboxylic acids is 1. The van der Waals surface area contributed by atoms with Crippen molar-refractivity contribution in [2.75, 3.05) is 0 Å². The Balaban J connectivity index is 1.67. The van der Waals surface area contributed by atoms with E-state index in [-0.39, 0.29) is 30.6 Å². The number of Topliss-reactive ketones (excluding diaryl/α,β-unsaturated/α-hetero) is 1. The summed E-state index contributed by atoms with van der Waals surface area (Å²) in [5.41, 5.74) is -6.62. The van der Waals surface area contributed by atoms with Crippen LogP contribution in [0, 0.1) is 22.7 Å². The smallest absolute Gasteiger partial charge is 0.375 e. The van der Waals surface area contributed by atoms with Gasteiger partial charge in [0.25, 0.3) is 5.78 Å². The van der Waals surface area contributed by atoms with E-state index in [9.17, 15) is 29.7 Å². The molecule has 3 saturated carbocycles. The molecule has 9 heteroatoms. The molecule has 1 aliphatic heterocycles. The lowest BCUT2D eigenvalue weighted by atomic mass is 9.44. The van der Waals surface area contributed by atoms with Crippen LogP contribution in [-0.2, 0) is 23.9 Å². The van der Waals surface area contributed by atoms with Crippen molar-refractivity contribution in [3.63, 3.8) is 0 Å². The molecule has 0 radical (unpaired) electrons. The van der Waals surface area contributed by atoms with E-state index in [0.717, 1.165) is 0 Å². The quantitative estimate of drug-likeness (QED) is 0.524. The van der Waals surface area contributed by atoms with Gasteiger partial charge in [0.1, 0.15) is 0 Å². The Morgan fingerprint density at radius 2 is 1.79 bits per heavy atom. The summed E-state index contributed by atoms with van der Waals surface area (Å²) in [7, 11) is 0. The molecule has 0 bridgehead atoms. The van der Waals surface area contributed by atoms with E-state index in [0.29, 0.717) is 0 Å². The van der Waals surface area contributed by atoms with Gasteiger partial charge in [-0.2, -0.15) is 0 Å². The molecule has 5 aliphatic rings. The zero-order valence-corrected chi connectivity index (χ0v) is 19.0. The highest BCUT2D eigenvalue weighted by molar-refractivity contribution is 6.36. The van der Waals surface area contributed by atoms with Gasteiger partial charge < -0.3 is 24.8 Å². The van der Waals surface area contributed by atoms with Crippen molar-refractivity contribution < 1.29 is 43.6 Å². The molecule has 180 valence electrons. The summed E-state index contributed by atoms with van der Waals surface area (Å²) in [5, 5.41) is 32.0. The predicted molar refractivity (Wildman–Crippen MR) is 111 cm³/mol. The number of alkyl halides is 1. The second-order valence-corrected chi connectivity index (χ2v) is 11.1. The highest BCUT2D eigenvalue weighted by Crippen LogP contribution is 2.72. The molecule has 0 aromatic heterocycles. The van der Waals surface area contributed by atoms with E-state index in [1.807, 2.05) is 0 Å². The number of rotatable bonds is 2. The molecule has 4 fully saturated rings. The Labute approximate surface area is 190 Å². The van der Waals surface area contributed by atoms with E-state index < -0.39 is 69.8 Å². The highest BCUT2D eigenvalue weighted by Gasteiger charge is 2.81. The number of aliphatic hydroxyl groups excluding tert-OH is 2. The minimum absolute atomic E-state index is 0.0795. The number of carboxylic acids is 1. The fourth-order valence-electron chi connectivity index (χ4n) is 7.90. The van der Waals surface area contributed by atoms with Gasteiger partial charge in [-0.05, 0) is 63.7 Å². The first-order valence-electron chi connectivity index (χ1n) is 11.3. The number of carboxylic acid groups (broad SMARTS) is 1. The zero-order chi connectivity index (χ0) is 24.4. The SMILES string of the molecule is CC1(C)O[C@@H]2C[C@@H]3[C@@H]4C[C@@H](O)C5=CC(=O)C=C[C@]5(C)[C@@]4(F)[C@@H](O)C[C@]3(C)[C@]2(C(=O)C(=O)O)O1. The van der Waals surface area contributed by atoms with Gasteiger partial charge in [0.2, 0.25) is 0 Å². The molecule has 0 spiro atoms.